The van der Waals surface area contributed by atoms with Gasteiger partial charge in [0.25, 0.3) is 0 Å². The summed E-state index contributed by atoms with van der Waals surface area (Å²) in [7, 11) is -0.893. The van der Waals surface area contributed by atoms with Gasteiger partial charge in [-0.1, -0.05) is 6.07 Å². The van der Waals surface area contributed by atoms with Crippen LogP contribution in [0.25, 0.3) is 10.9 Å². The van der Waals surface area contributed by atoms with Crippen LogP contribution in [0.1, 0.15) is 41.3 Å². The number of benzene rings is 2. The number of sulfonamides is 1. The average molecular weight is 525 g/mol. The molecular formula is C27H32N4O5S. The molecule has 2 heterocycles. The largest absolute Gasteiger partial charge is 0.369 e. The molecule has 0 radical (unpaired) electrons. The fraction of sp³-hybridized carbons (Fsp3) is 0.370. The summed E-state index contributed by atoms with van der Waals surface area (Å²) in [6.45, 7) is 4.21. The van der Waals surface area contributed by atoms with Crippen LogP contribution in [0.4, 0.5) is 5.69 Å². The molecule has 3 N–H and O–H groups in total. The predicted octanol–water partition coefficient (Wildman–Crippen LogP) is 2.60. The van der Waals surface area contributed by atoms with Gasteiger partial charge < -0.3 is 15.6 Å². The zero-order valence-corrected chi connectivity index (χ0v) is 22.3. The highest BCUT2D eigenvalue weighted by Crippen LogP contribution is 2.33. The molecule has 1 saturated heterocycles. The van der Waals surface area contributed by atoms with Crippen molar-refractivity contribution < 1.29 is 18.0 Å². The van der Waals surface area contributed by atoms with E-state index in [1.807, 2.05) is 24.8 Å². The van der Waals surface area contributed by atoms with Crippen LogP contribution in [0.5, 0.6) is 0 Å². The second-order valence-electron chi connectivity index (χ2n) is 9.94. The highest BCUT2D eigenvalue weighted by Gasteiger charge is 2.32. The normalized spacial score (nSPS) is 18.4. The summed E-state index contributed by atoms with van der Waals surface area (Å²) in [6, 6.07) is 11.5. The lowest BCUT2D eigenvalue weighted by molar-refractivity contribution is -0.122. The lowest BCUT2D eigenvalue weighted by Gasteiger charge is -2.39. The van der Waals surface area contributed by atoms with Crippen molar-refractivity contribution in [3.8, 4) is 0 Å². The van der Waals surface area contributed by atoms with Crippen LogP contribution >= 0.6 is 0 Å². The lowest BCUT2D eigenvalue weighted by Crippen LogP contribution is -2.46. The quantitative estimate of drug-likeness (QED) is 0.457. The molecule has 196 valence electrons. The second kappa shape index (κ2) is 10.1. The van der Waals surface area contributed by atoms with E-state index in [0.717, 1.165) is 27.2 Å². The van der Waals surface area contributed by atoms with Gasteiger partial charge in [0.2, 0.25) is 21.5 Å². The van der Waals surface area contributed by atoms with E-state index in [1.54, 1.807) is 18.2 Å². The molecule has 9 nitrogen and oxygen atoms in total. The third-order valence-electron chi connectivity index (χ3n) is 7.12. The summed E-state index contributed by atoms with van der Waals surface area (Å²) in [5.74, 6) is -0.989. The Morgan fingerprint density at radius 2 is 1.84 bits per heavy atom. The number of aromatic amines is 1. The van der Waals surface area contributed by atoms with Gasteiger partial charge in [0.15, 0.2) is 5.78 Å². The maximum absolute atomic E-state index is 13.7. The molecule has 10 heteroatoms. The molecule has 1 aliphatic heterocycles. The number of aromatic nitrogens is 1. The first-order valence-electron chi connectivity index (χ1n) is 12.2. The highest BCUT2D eigenvalue weighted by molar-refractivity contribution is 7.89. The number of ketones is 1. The summed E-state index contributed by atoms with van der Waals surface area (Å²) in [5.41, 5.74) is 8.48. The Morgan fingerprint density at radius 3 is 2.51 bits per heavy atom. The fourth-order valence-electron chi connectivity index (χ4n) is 4.90. The van der Waals surface area contributed by atoms with Gasteiger partial charge in [-0.05, 0) is 68.1 Å². The monoisotopic (exact) mass is 524 g/mol. The van der Waals surface area contributed by atoms with E-state index in [-0.39, 0.29) is 46.1 Å². The van der Waals surface area contributed by atoms with Gasteiger partial charge in [0.05, 0.1) is 10.8 Å². The first-order chi connectivity index (χ1) is 17.4. The van der Waals surface area contributed by atoms with Crippen molar-refractivity contribution in [2.24, 2.45) is 11.7 Å². The smallest absolute Gasteiger partial charge is 0.248 e. The van der Waals surface area contributed by atoms with Crippen molar-refractivity contribution in [1.29, 1.82) is 0 Å². The number of anilines is 1. The first-order valence-corrected chi connectivity index (χ1v) is 13.6. The van der Waals surface area contributed by atoms with Gasteiger partial charge in [-0.2, -0.15) is 0 Å². The zero-order valence-electron chi connectivity index (χ0n) is 21.4. The summed E-state index contributed by atoms with van der Waals surface area (Å²) in [5, 5.41) is 0.836. The van der Waals surface area contributed by atoms with Crippen molar-refractivity contribution in [1.82, 2.24) is 9.29 Å². The summed E-state index contributed by atoms with van der Waals surface area (Å²) >= 11 is 0. The molecule has 0 bridgehead atoms. The Hall–Kier alpha value is -3.50. The molecule has 1 aromatic heterocycles. The van der Waals surface area contributed by atoms with E-state index in [2.05, 4.69) is 4.98 Å². The second-order valence-corrected chi connectivity index (χ2v) is 12.1. The third kappa shape index (κ3) is 5.30. The van der Waals surface area contributed by atoms with Gasteiger partial charge in [-0.25, -0.2) is 12.7 Å². The maximum atomic E-state index is 13.7. The number of piperidine rings is 1. The summed E-state index contributed by atoms with van der Waals surface area (Å²) in [4.78, 5) is 42.3. The van der Waals surface area contributed by atoms with E-state index in [4.69, 9.17) is 5.73 Å². The molecule has 1 aliphatic rings. The van der Waals surface area contributed by atoms with E-state index in [9.17, 15) is 22.8 Å². The van der Waals surface area contributed by atoms with Crippen molar-refractivity contribution >= 4 is 38.3 Å². The molecule has 0 saturated carbocycles. The number of hydrogen-bond donors (Lipinski definition) is 2. The molecule has 37 heavy (non-hydrogen) atoms. The van der Waals surface area contributed by atoms with Crippen molar-refractivity contribution in [3.05, 3.63) is 69.5 Å². The van der Waals surface area contributed by atoms with Crippen molar-refractivity contribution in [2.75, 3.05) is 25.5 Å². The molecule has 3 aromatic rings. The van der Waals surface area contributed by atoms with Crippen LogP contribution in [0.15, 0.2) is 52.2 Å². The summed E-state index contributed by atoms with van der Waals surface area (Å²) in [6.07, 6.45) is 1.43. The Kier molecular flexibility index (Phi) is 7.25. The van der Waals surface area contributed by atoms with Crippen LogP contribution in [0, 0.1) is 12.8 Å². The zero-order chi connectivity index (χ0) is 27.1. The number of H-pyrrole nitrogens is 1. The predicted molar refractivity (Wildman–Crippen MR) is 143 cm³/mol. The molecule has 2 unspecified atom stereocenters. The number of rotatable bonds is 7. The summed E-state index contributed by atoms with van der Waals surface area (Å²) < 4.78 is 26.9. The van der Waals surface area contributed by atoms with E-state index in [1.165, 1.54) is 32.3 Å². The highest BCUT2D eigenvalue weighted by atomic mass is 32.2. The molecule has 1 amide bonds. The number of pyridine rings is 1. The minimum absolute atomic E-state index is 0.0210. The Morgan fingerprint density at radius 1 is 1.11 bits per heavy atom. The van der Waals surface area contributed by atoms with Crippen molar-refractivity contribution in [3.63, 3.8) is 0 Å². The number of fused-ring (bicyclic) bond motifs is 1. The third-order valence-corrected chi connectivity index (χ3v) is 8.93. The number of amides is 1. The number of carbonyl (C=O) groups excluding carboxylic acids is 2. The minimum atomic E-state index is -3.77. The van der Waals surface area contributed by atoms with Gasteiger partial charge in [0, 0.05) is 61.3 Å². The number of carbonyl (C=O) groups is 2. The number of nitrogens with one attached hydrogen (secondary N) is 1. The van der Waals surface area contributed by atoms with Gasteiger partial charge in [0.1, 0.15) is 0 Å². The molecular weight excluding hydrogens is 492 g/mol. The number of nitrogens with zero attached hydrogens (tertiary/aromatic N) is 2. The van der Waals surface area contributed by atoms with Crippen molar-refractivity contribution in [2.45, 2.75) is 44.0 Å². The topological polar surface area (TPSA) is 134 Å². The fourth-order valence-corrected chi connectivity index (χ4v) is 5.82. The van der Waals surface area contributed by atoms with E-state index < -0.39 is 10.0 Å². The van der Waals surface area contributed by atoms with Gasteiger partial charge >= 0.3 is 0 Å². The first kappa shape index (κ1) is 26.6. The Labute approximate surface area is 216 Å². The number of hydrogen-bond acceptors (Lipinski definition) is 6. The maximum Gasteiger partial charge on any atom is 0.248 e. The van der Waals surface area contributed by atoms with Crippen LogP contribution in [0.3, 0.4) is 0 Å². The molecule has 0 aliphatic carbocycles. The number of Topliss-reactive ketones (excluding diaryl/α,β-unsaturated/α-hetero) is 1. The number of primary amides is 1. The molecule has 2 aromatic carbocycles. The minimum Gasteiger partial charge on any atom is -0.369 e. The van der Waals surface area contributed by atoms with Gasteiger partial charge in [-0.3, -0.25) is 14.4 Å². The Balaban J connectivity index is 1.78. The number of nitrogens with two attached hydrogens (primary N) is 1. The lowest BCUT2D eigenvalue weighted by atomic mass is 9.91. The van der Waals surface area contributed by atoms with E-state index in [0.29, 0.717) is 24.2 Å². The molecule has 0 spiro atoms. The van der Waals surface area contributed by atoms with Crippen LogP contribution in [-0.4, -0.2) is 56.1 Å². The van der Waals surface area contributed by atoms with Crippen LogP contribution in [-0.2, 0) is 21.2 Å². The molecule has 2 atom stereocenters. The Bertz CT molecular complexity index is 1540. The SMILES string of the molecule is Cc1cc(=O)[nH]c2ccc(CC(=O)c3cc(S(=O)(=O)N(C)C)ccc3N3CC(C(N)=O)CCC3C)cc12. The van der Waals surface area contributed by atoms with Gasteiger partial charge in [-0.15, -0.1) is 0 Å². The molecule has 4 rings (SSSR count). The average Bonchev–Trinajstić information content (AvgIpc) is 2.84. The van der Waals surface area contributed by atoms with Crippen LogP contribution in [0.2, 0.25) is 0 Å². The van der Waals surface area contributed by atoms with Crippen LogP contribution < -0.4 is 16.2 Å². The standard InChI is InChI=1S/C27H32N4O5S/c1-16-11-26(33)29-23-9-6-18(12-21(16)23)13-25(32)22-14-20(37(35,36)30(3)4)8-10-24(22)31-15-19(27(28)34)7-5-17(31)2/h6,8-12,14,17,19H,5,7,13,15H2,1-4H3,(H2,28,34)(H,29,33). The molecule has 1 fully saturated rings. The number of aryl methyl sites for hydroxylation is 1. The van der Waals surface area contributed by atoms with E-state index >= 15 is 0 Å².